The highest BCUT2D eigenvalue weighted by Crippen LogP contribution is 2.22. The molecule has 0 spiro atoms. The zero-order chi connectivity index (χ0) is 15.4. The lowest BCUT2D eigenvalue weighted by Crippen LogP contribution is -2.26. The maximum Gasteiger partial charge on any atom is 0.176 e. The minimum atomic E-state index is 0.0230. The van der Waals surface area contributed by atoms with Crippen molar-refractivity contribution in [2.75, 3.05) is 13.6 Å². The number of likely N-dealkylation sites (N-methyl/N-ethyl adjacent to an activating group) is 1. The van der Waals surface area contributed by atoms with Crippen LogP contribution in [0.2, 0.25) is 10.0 Å². The molecule has 2 nitrogen and oxygen atoms in total. The second-order valence-electron chi connectivity index (χ2n) is 4.96. The number of nitrogens with zero attached hydrogens (tertiary/aromatic N) is 1. The predicted octanol–water partition coefficient (Wildman–Crippen LogP) is 3.10. The summed E-state index contributed by atoms with van der Waals surface area (Å²) in [6.45, 7) is 0.868. The lowest BCUT2D eigenvalue weighted by Gasteiger charge is -2.17. The van der Waals surface area contributed by atoms with E-state index in [9.17, 15) is 4.79 Å². The molecule has 21 heavy (non-hydrogen) atoms. The van der Waals surface area contributed by atoms with Gasteiger partial charge in [-0.1, -0.05) is 59.0 Å². The molecule has 0 amide bonds. The molecule has 2 aromatic rings. The van der Waals surface area contributed by atoms with Gasteiger partial charge in [0.25, 0.3) is 0 Å². The number of hydrogen-bond donors (Lipinski definition) is 0. The summed E-state index contributed by atoms with van der Waals surface area (Å²) >= 11 is 12.0. The molecule has 0 N–H and O–H groups in total. The van der Waals surface area contributed by atoms with Gasteiger partial charge in [0.15, 0.2) is 5.78 Å². The molecule has 0 atom stereocenters. The standard InChI is InChI=1S/C16H14BCl2NO/c1-20(9-12-5-6-14(18)8-15(12)19)10-16(21)11-3-2-4-13(17)7-11/h2-8H,9-10H2,1H3. The molecule has 0 unspecified atom stereocenters. The molecule has 2 rings (SSSR count). The smallest absolute Gasteiger partial charge is 0.176 e. The summed E-state index contributed by atoms with van der Waals surface area (Å²) in [5, 5.41) is 1.20. The van der Waals surface area contributed by atoms with E-state index in [2.05, 4.69) is 0 Å². The number of Topliss-reactive ketones (excluding diaryl/α,β-unsaturated/α-hetero) is 1. The van der Waals surface area contributed by atoms with Crippen molar-refractivity contribution < 1.29 is 4.79 Å². The first-order chi connectivity index (χ1) is 9.95. The Morgan fingerprint density at radius 1 is 1.19 bits per heavy atom. The van der Waals surface area contributed by atoms with Crippen molar-refractivity contribution >= 4 is 42.3 Å². The molecule has 0 saturated carbocycles. The van der Waals surface area contributed by atoms with E-state index in [1.807, 2.05) is 18.0 Å². The van der Waals surface area contributed by atoms with E-state index >= 15 is 0 Å². The number of benzene rings is 2. The highest BCUT2D eigenvalue weighted by Gasteiger charge is 2.11. The van der Waals surface area contributed by atoms with Crippen LogP contribution in [0.5, 0.6) is 0 Å². The normalized spacial score (nSPS) is 10.9. The van der Waals surface area contributed by atoms with Crippen LogP contribution in [-0.4, -0.2) is 32.1 Å². The number of ketones is 1. The van der Waals surface area contributed by atoms with E-state index in [0.717, 1.165) is 5.56 Å². The Kier molecular flexibility index (Phi) is 5.46. The number of hydrogen-bond acceptors (Lipinski definition) is 2. The molecule has 2 radical (unpaired) electrons. The van der Waals surface area contributed by atoms with Gasteiger partial charge in [-0.15, -0.1) is 0 Å². The minimum absolute atomic E-state index is 0.0230. The van der Waals surface area contributed by atoms with Gasteiger partial charge in [-0.3, -0.25) is 9.69 Å². The zero-order valence-corrected chi connectivity index (χ0v) is 13.2. The van der Waals surface area contributed by atoms with Gasteiger partial charge in [-0.2, -0.15) is 0 Å². The molecule has 0 aliphatic rings. The van der Waals surface area contributed by atoms with Gasteiger partial charge < -0.3 is 0 Å². The van der Waals surface area contributed by atoms with Crippen molar-refractivity contribution in [1.29, 1.82) is 0 Å². The van der Waals surface area contributed by atoms with Crippen LogP contribution in [0.25, 0.3) is 0 Å². The van der Waals surface area contributed by atoms with E-state index < -0.39 is 0 Å². The highest BCUT2D eigenvalue weighted by atomic mass is 35.5. The van der Waals surface area contributed by atoms with E-state index in [4.69, 9.17) is 31.0 Å². The fourth-order valence-electron chi connectivity index (χ4n) is 2.05. The number of carbonyl (C=O) groups is 1. The third-order valence-corrected chi connectivity index (χ3v) is 3.66. The SMILES string of the molecule is [B]c1cccc(C(=O)CN(C)Cc2ccc(Cl)cc2Cl)c1. The van der Waals surface area contributed by atoms with Gasteiger partial charge in [-0.25, -0.2) is 0 Å². The largest absolute Gasteiger partial charge is 0.295 e. The van der Waals surface area contributed by atoms with Gasteiger partial charge in [0, 0.05) is 22.2 Å². The lowest BCUT2D eigenvalue weighted by molar-refractivity contribution is 0.0943. The van der Waals surface area contributed by atoms with Crippen molar-refractivity contribution in [1.82, 2.24) is 4.90 Å². The molecule has 0 fully saturated rings. The van der Waals surface area contributed by atoms with Crippen molar-refractivity contribution in [3.8, 4) is 0 Å². The van der Waals surface area contributed by atoms with Crippen molar-refractivity contribution in [2.24, 2.45) is 0 Å². The van der Waals surface area contributed by atoms with Gasteiger partial charge >= 0.3 is 0 Å². The summed E-state index contributed by atoms with van der Waals surface area (Å²) < 4.78 is 0. The second-order valence-corrected chi connectivity index (χ2v) is 5.80. The molecular weight excluding hydrogens is 304 g/mol. The average molecular weight is 318 g/mol. The van der Waals surface area contributed by atoms with Crippen LogP contribution in [0.1, 0.15) is 15.9 Å². The van der Waals surface area contributed by atoms with Crippen LogP contribution in [0.4, 0.5) is 0 Å². The van der Waals surface area contributed by atoms with Crippen LogP contribution in [0.15, 0.2) is 42.5 Å². The maximum atomic E-state index is 12.2. The number of rotatable bonds is 5. The Bertz CT molecular complexity index is 660. The third-order valence-electron chi connectivity index (χ3n) is 3.08. The molecule has 0 aliphatic carbocycles. The molecule has 0 saturated heterocycles. The molecule has 0 aromatic heterocycles. The predicted molar refractivity (Wildman–Crippen MR) is 89.0 cm³/mol. The van der Waals surface area contributed by atoms with E-state index in [0.29, 0.717) is 34.2 Å². The van der Waals surface area contributed by atoms with Gasteiger partial charge in [-0.05, 0) is 24.7 Å². The molecule has 2 aromatic carbocycles. The number of carbonyl (C=O) groups excluding carboxylic acids is 1. The highest BCUT2D eigenvalue weighted by molar-refractivity contribution is 6.35. The Hall–Kier alpha value is -1.29. The van der Waals surface area contributed by atoms with E-state index in [1.165, 1.54) is 0 Å². The fourth-order valence-corrected chi connectivity index (χ4v) is 2.51. The number of halogens is 2. The third kappa shape index (κ3) is 4.60. The average Bonchev–Trinajstić information content (AvgIpc) is 2.42. The monoisotopic (exact) mass is 317 g/mol. The van der Waals surface area contributed by atoms with Crippen LogP contribution in [-0.2, 0) is 6.54 Å². The molecular formula is C16H14BCl2NO. The summed E-state index contributed by atoms with van der Waals surface area (Å²) in [6, 6.07) is 12.3. The summed E-state index contributed by atoms with van der Waals surface area (Å²) in [5.74, 6) is 0.0230. The molecule has 0 heterocycles. The summed E-state index contributed by atoms with van der Waals surface area (Å²) in [4.78, 5) is 14.1. The maximum absolute atomic E-state index is 12.2. The molecule has 5 heteroatoms. The van der Waals surface area contributed by atoms with E-state index in [-0.39, 0.29) is 5.78 Å². The second kappa shape index (κ2) is 7.12. The fraction of sp³-hybridized carbons (Fsp3) is 0.188. The molecule has 0 aliphatic heterocycles. The van der Waals surface area contributed by atoms with Gasteiger partial charge in [0.05, 0.1) is 6.54 Å². The quantitative estimate of drug-likeness (QED) is 0.624. The molecule has 106 valence electrons. The van der Waals surface area contributed by atoms with Crippen molar-refractivity contribution in [3.63, 3.8) is 0 Å². The summed E-state index contributed by atoms with van der Waals surface area (Å²) in [7, 11) is 7.56. The Balaban J connectivity index is 2.01. The van der Waals surface area contributed by atoms with Crippen molar-refractivity contribution in [3.05, 3.63) is 63.6 Å². The van der Waals surface area contributed by atoms with Crippen LogP contribution in [0, 0.1) is 0 Å². The Labute approximate surface area is 136 Å². The van der Waals surface area contributed by atoms with Gasteiger partial charge in [0.1, 0.15) is 7.85 Å². The van der Waals surface area contributed by atoms with E-state index in [1.54, 1.807) is 36.4 Å². The van der Waals surface area contributed by atoms with Gasteiger partial charge in [0.2, 0.25) is 0 Å². The van der Waals surface area contributed by atoms with Crippen LogP contribution in [0.3, 0.4) is 0 Å². The summed E-state index contributed by atoms with van der Waals surface area (Å²) in [6.07, 6.45) is 0. The first-order valence-electron chi connectivity index (χ1n) is 6.47. The Morgan fingerprint density at radius 2 is 1.95 bits per heavy atom. The first-order valence-corrected chi connectivity index (χ1v) is 7.22. The minimum Gasteiger partial charge on any atom is -0.295 e. The topological polar surface area (TPSA) is 20.3 Å². The molecule has 0 bridgehead atoms. The summed E-state index contributed by atoms with van der Waals surface area (Å²) in [5.41, 5.74) is 2.14. The lowest BCUT2D eigenvalue weighted by atomic mass is 9.93. The zero-order valence-electron chi connectivity index (χ0n) is 11.6. The van der Waals surface area contributed by atoms with Crippen LogP contribution >= 0.6 is 23.2 Å². The van der Waals surface area contributed by atoms with Crippen molar-refractivity contribution in [2.45, 2.75) is 6.54 Å². The van der Waals surface area contributed by atoms with Crippen LogP contribution < -0.4 is 5.46 Å². The Morgan fingerprint density at radius 3 is 2.62 bits per heavy atom. The first kappa shape index (κ1) is 16.1.